The highest BCUT2D eigenvalue weighted by Gasteiger charge is 2.18. The van der Waals surface area contributed by atoms with Crippen molar-refractivity contribution in [2.24, 2.45) is 5.73 Å². The summed E-state index contributed by atoms with van der Waals surface area (Å²) in [5, 5.41) is 0. The monoisotopic (exact) mass is 225 g/mol. The van der Waals surface area contributed by atoms with Gasteiger partial charge in [0.05, 0.1) is 14.2 Å². The van der Waals surface area contributed by atoms with E-state index in [0.717, 1.165) is 28.2 Å². The van der Waals surface area contributed by atoms with Crippen LogP contribution in [0.1, 0.15) is 22.9 Å². The molecule has 16 heavy (non-hydrogen) atoms. The summed E-state index contributed by atoms with van der Waals surface area (Å²) in [5.74, 6) is 1.55. The maximum absolute atomic E-state index is 5.86. The largest absolute Gasteiger partial charge is 0.496 e. The first kappa shape index (κ1) is 12.8. The van der Waals surface area contributed by atoms with Crippen molar-refractivity contribution in [3.8, 4) is 11.5 Å². The zero-order valence-electron chi connectivity index (χ0n) is 10.5. The predicted octanol–water partition coefficient (Wildman–Crippen LogP) is 1.92. The average molecular weight is 225 g/mol. The third-order valence-electron chi connectivity index (χ3n) is 2.81. The summed E-state index contributed by atoms with van der Waals surface area (Å²) in [5.41, 5.74) is 8.72. The van der Waals surface area contributed by atoms with Crippen molar-refractivity contribution in [3.63, 3.8) is 0 Å². The molecule has 0 amide bonds. The Hall–Kier alpha value is -1.26. The van der Waals surface area contributed by atoms with Crippen molar-refractivity contribution < 1.29 is 14.2 Å². The molecule has 0 aromatic heterocycles. The van der Waals surface area contributed by atoms with Gasteiger partial charge in [-0.3, -0.25) is 0 Å². The maximum Gasteiger partial charge on any atom is 0.135 e. The van der Waals surface area contributed by atoms with Crippen molar-refractivity contribution in [1.29, 1.82) is 0 Å². The van der Waals surface area contributed by atoms with E-state index in [4.69, 9.17) is 19.9 Å². The van der Waals surface area contributed by atoms with E-state index < -0.39 is 6.23 Å². The van der Waals surface area contributed by atoms with Crippen molar-refractivity contribution in [3.05, 3.63) is 22.8 Å². The Balaban J connectivity index is 3.40. The standard InChI is InChI=1S/C12H19NO3/c1-7-8(2)11(15-4)9(12(13)16-5)6-10(7)14-3/h6,12H,13H2,1-5H3. The summed E-state index contributed by atoms with van der Waals surface area (Å²) in [6.45, 7) is 3.96. The number of nitrogens with two attached hydrogens (primary N) is 1. The smallest absolute Gasteiger partial charge is 0.135 e. The number of ether oxygens (including phenoxy) is 3. The molecule has 2 N–H and O–H groups in total. The summed E-state index contributed by atoms with van der Waals surface area (Å²) in [4.78, 5) is 0. The van der Waals surface area contributed by atoms with Crippen LogP contribution in [-0.2, 0) is 4.74 Å². The Labute approximate surface area is 96.3 Å². The highest BCUT2D eigenvalue weighted by atomic mass is 16.5. The van der Waals surface area contributed by atoms with Gasteiger partial charge in [0.1, 0.15) is 17.7 Å². The van der Waals surface area contributed by atoms with Gasteiger partial charge in [-0.15, -0.1) is 0 Å². The molecule has 0 aliphatic rings. The van der Waals surface area contributed by atoms with Crippen LogP contribution in [0.2, 0.25) is 0 Å². The summed E-state index contributed by atoms with van der Waals surface area (Å²) in [6, 6.07) is 1.86. The quantitative estimate of drug-likeness (QED) is 0.795. The van der Waals surface area contributed by atoms with E-state index in [-0.39, 0.29) is 0 Å². The van der Waals surface area contributed by atoms with E-state index >= 15 is 0 Å². The van der Waals surface area contributed by atoms with Crippen LogP contribution in [0.25, 0.3) is 0 Å². The highest BCUT2D eigenvalue weighted by Crippen LogP contribution is 2.35. The molecule has 0 aliphatic carbocycles. The van der Waals surface area contributed by atoms with Gasteiger partial charge in [0.25, 0.3) is 0 Å². The SMILES string of the molecule is COc1cc(C(N)OC)c(OC)c(C)c1C. The van der Waals surface area contributed by atoms with Crippen LogP contribution >= 0.6 is 0 Å². The number of rotatable bonds is 4. The molecule has 0 fully saturated rings. The minimum Gasteiger partial charge on any atom is -0.496 e. The molecule has 0 aliphatic heterocycles. The predicted molar refractivity (Wildman–Crippen MR) is 63.0 cm³/mol. The second kappa shape index (κ2) is 5.18. The van der Waals surface area contributed by atoms with E-state index in [1.165, 1.54) is 0 Å². The van der Waals surface area contributed by atoms with Crippen LogP contribution in [0, 0.1) is 13.8 Å². The Morgan fingerprint density at radius 1 is 1.06 bits per heavy atom. The Bertz CT molecular complexity index is 377. The number of methoxy groups -OCH3 is 3. The molecule has 0 heterocycles. The summed E-state index contributed by atoms with van der Waals surface area (Å²) in [7, 11) is 4.82. The molecule has 1 aromatic rings. The number of benzene rings is 1. The fourth-order valence-corrected chi connectivity index (χ4v) is 1.71. The van der Waals surface area contributed by atoms with Crippen LogP contribution in [0.3, 0.4) is 0 Å². The first-order valence-corrected chi connectivity index (χ1v) is 5.07. The van der Waals surface area contributed by atoms with Crippen molar-refractivity contribution in [2.75, 3.05) is 21.3 Å². The molecule has 0 radical (unpaired) electrons. The topological polar surface area (TPSA) is 53.7 Å². The number of hydrogen-bond acceptors (Lipinski definition) is 4. The minimum absolute atomic E-state index is 0.511. The Morgan fingerprint density at radius 3 is 2.12 bits per heavy atom. The lowest BCUT2D eigenvalue weighted by Gasteiger charge is -2.19. The zero-order chi connectivity index (χ0) is 12.3. The molecule has 1 aromatic carbocycles. The van der Waals surface area contributed by atoms with E-state index in [2.05, 4.69) is 0 Å². The molecule has 0 saturated heterocycles. The van der Waals surface area contributed by atoms with E-state index in [0.29, 0.717) is 0 Å². The third-order valence-corrected chi connectivity index (χ3v) is 2.81. The van der Waals surface area contributed by atoms with Gasteiger partial charge in [0.15, 0.2) is 0 Å². The van der Waals surface area contributed by atoms with Gasteiger partial charge in [-0.05, 0) is 31.0 Å². The molecule has 0 saturated carbocycles. The molecule has 4 nitrogen and oxygen atoms in total. The molecule has 0 bridgehead atoms. The summed E-state index contributed by atoms with van der Waals surface area (Å²) in [6.07, 6.45) is -0.511. The van der Waals surface area contributed by atoms with Crippen molar-refractivity contribution >= 4 is 0 Å². The Kier molecular flexibility index (Phi) is 4.15. The van der Waals surface area contributed by atoms with Gasteiger partial charge in [0.2, 0.25) is 0 Å². The number of hydrogen-bond donors (Lipinski definition) is 1. The molecule has 1 unspecified atom stereocenters. The van der Waals surface area contributed by atoms with Gasteiger partial charge in [-0.1, -0.05) is 0 Å². The molecule has 1 atom stereocenters. The second-order valence-corrected chi connectivity index (χ2v) is 3.61. The molecule has 90 valence electrons. The van der Waals surface area contributed by atoms with Crippen LogP contribution in [0.5, 0.6) is 11.5 Å². The first-order valence-electron chi connectivity index (χ1n) is 5.07. The van der Waals surface area contributed by atoms with Gasteiger partial charge in [0, 0.05) is 12.7 Å². The highest BCUT2D eigenvalue weighted by molar-refractivity contribution is 5.53. The molecule has 4 heteroatoms. The lowest BCUT2D eigenvalue weighted by molar-refractivity contribution is 0.106. The van der Waals surface area contributed by atoms with E-state index in [1.54, 1.807) is 21.3 Å². The third kappa shape index (κ3) is 2.13. The van der Waals surface area contributed by atoms with Gasteiger partial charge < -0.3 is 19.9 Å². The zero-order valence-corrected chi connectivity index (χ0v) is 10.5. The summed E-state index contributed by atoms with van der Waals surface area (Å²) >= 11 is 0. The lowest BCUT2D eigenvalue weighted by atomic mass is 10.0. The van der Waals surface area contributed by atoms with Gasteiger partial charge in [-0.2, -0.15) is 0 Å². The molecule has 1 rings (SSSR count). The molecular formula is C12H19NO3. The van der Waals surface area contributed by atoms with Crippen molar-refractivity contribution in [2.45, 2.75) is 20.1 Å². The van der Waals surface area contributed by atoms with E-state index in [1.807, 2.05) is 19.9 Å². The van der Waals surface area contributed by atoms with Crippen LogP contribution in [-0.4, -0.2) is 21.3 Å². The Morgan fingerprint density at radius 2 is 1.69 bits per heavy atom. The van der Waals surface area contributed by atoms with Crippen LogP contribution in [0.15, 0.2) is 6.07 Å². The van der Waals surface area contributed by atoms with Gasteiger partial charge in [-0.25, -0.2) is 0 Å². The first-order chi connectivity index (χ1) is 7.56. The summed E-state index contributed by atoms with van der Waals surface area (Å²) < 4.78 is 15.8. The minimum atomic E-state index is -0.511. The molecule has 0 spiro atoms. The van der Waals surface area contributed by atoms with Crippen LogP contribution < -0.4 is 15.2 Å². The fourth-order valence-electron chi connectivity index (χ4n) is 1.71. The van der Waals surface area contributed by atoms with Crippen LogP contribution in [0.4, 0.5) is 0 Å². The average Bonchev–Trinajstić information content (AvgIpc) is 2.31. The second-order valence-electron chi connectivity index (χ2n) is 3.61. The normalized spacial score (nSPS) is 12.4. The fraction of sp³-hybridized carbons (Fsp3) is 0.500. The molecular weight excluding hydrogens is 206 g/mol. The lowest BCUT2D eigenvalue weighted by Crippen LogP contribution is -2.14. The van der Waals surface area contributed by atoms with Crippen molar-refractivity contribution in [1.82, 2.24) is 0 Å². The van der Waals surface area contributed by atoms with Gasteiger partial charge >= 0.3 is 0 Å². The maximum atomic E-state index is 5.86. The van der Waals surface area contributed by atoms with E-state index in [9.17, 15) is 0 Å².